The smallest absolute Gasteiger partial charge is 0.0642 e. The summed E-state index contributed by atoms with van der Waals surface area (Å²) in [5.74, 6) is 0. The van der Waals surface area contributed by atoms with Gasteiger partial charge in [-0.1, -0.05) is 18.2 Å². The average Bonchev–Trinajstić information content (AvgIpc) is 2.46. The van der Waals surface area contributed by atoms with Gasteiger partial charge in [0, 0.05) is 31.4 Å². The van der Waals surface area contributed by atoms with Gasteiger partial charge in [-0.3, -0.25) is 0 Å². The van der Waals surface area contributed by atoms with Crippen LogP contribution in [0.3, 0.4) is 0 Å². The van der Waals surface area contributed by atoms with Crippen molar-refractivity contribution in [1.82, 2.24) is 5.32 Å². The third kappa shape index (κ3) is 3.45. The fourth-order valence-electron chi connectivity index (χ4n) is 2.12. The zero-order valence-electron chi connectivity index (χ0n) is 10.9. The van der Waals surface area contributed by atoms with Crippen LogP contribution < -0.4 is 10.2 Å². The molecule has 18 heavy (non-hydrogen) atoms. The number of rotatable bonds is 5. The Morgan fingerprint density at radius 3 is 2.78 bits per heavy atom. The van der Waals surface area contributed by atoms with Crippen molar-refractivity contribution in [2.75, 3.05) is 37.8 Å². The van der Waals surface area contributed by atoms with E-state index in [1.807, 2.05) is 6.92 Å². The molecule has 2 rings (SSSR count). The van der Waals surface area contributed by atoms with Crippen LogP contribution in [0, 0.1) is 0 Å². The molecule has 100 valence electrons. The molecular weight excluding hydrogens is 228 g/mol. The Morgan fingerprint density at radius 1 is 1.33 bits per heavy atom. The monoisotopic (exact) mass is 250 g/mol. The minimum Gasteiger partial charge on any atom is -0.395 e. The first kappa shape index (κ1) is 13.3. The van der Waals surface area contributed by atoms with Gasteiger partial charge in [0.25, 0.3) is 0 Å². The summed E-state index contributed by atoms with van der Waals surface area (Å²) < 4.78 is 5.39. The number of anilines is 1. The second kappa shape index (κ2) is 6.73. The lowest BCUT2D eigenvalue weighted by atomic mass is 10.1. The quantitative estimate of drug-likeness (QED) is 0.818. The van der Waals surface area contributed by atoms with Crippen molar-refractivity contribution in [3.05, 3.63) is 29.8 Å². The molecule has 4 heteroatoms. The molecule has 0 spiro atoms. The molecule has 0 unspecified atom stereocenters. The molecular formula is C14H22N2O2. The van der Waals surface area contributed by atoms with E-state index in [-0.39, 0.29) is 12.6 Å². The number of hydrogen-bond acceptors (Lipinski definition) is 4. The zero-order valence-corrected chi connectivity index (χ0v) is 10.9. The van der Waals surface area contributed by atoms with Gasteiger partial charge in [0.15, 0.2) is 0 Å². The number of hydrogen-bond donors (Lipinski definition) is 2. The standard InChI is InChI=1S/C14H22N2O2/c1-12(11-17)15-10-13-4-2-3-5-14(13)16-6-8-18-9-7-16/h2-5,12,15,17H,6-11H2,1H3/t12-/m1/s1. The summed E-state index contributed by atoms with van der Waals surface area (Å²) in [4.78, 5) is 2.37. The Bertz CT molecular complexity index is 365. The zero-order chi connectivity index (χ0) is 12.8. The highest BCUT2D eigenvalue weighted by Crippen LogP contribution is 2.21. The van der Waals surface area contributed by atoms with Gasteiger partial charge >= 0.3 is 0 Å². The lowest BCUT2D eigenvalue weighted by molar-refractivity contribution is 0.122. The van der Waals surface area contributed by atoms with E-state index < -0.39 is 0 Å². The Morgan fingerprint density at radius 2 is 2.06 bits per heavy atom. The molecule has 2 N–H and O–H groups in total. The second-order valence-electron chi connectivity index (χ2n) is 4.69. The van der Waals surface area contributed by atoms with Crippen LogP contribution in [-0.2, 0) is 11.3 Å². The summed E-state index contributed by atoms with van der Waals surface area (Å²) in [6.07, 6.45) is 0. The van der Waals surface area contributed by atoms with Crippen molar-refractivity contribution in [2.45, 2.75) is 19.5 Å². The third-order valence-electron chi connectivity index (χ3n) is 3.26. The Balaban J connectivity index is 2.04. The first-order valence-corrected chi connectivity index (χ1v) is 6.56. The van der Waals surface area contributed by atoms with E-state index in [9.17, 15) is 0 Å². The highest BCUT2D eigenvalue weighted by molar-refractivity contribution is 5.53. The van der Waals surface area contributed by atoms with E-state index in [1.54, 1.807) is 0 Å². The molecule has 0 saturated carbocycles. The van der Waals surface area contributed by atoms with Gasteiger partial charge in [-0.05, 0) is 18.6 Å². The topological polar surface area (TPSA) is 44.7 Å². The van der Waals surface area contributed by atoms with Crippen molar-refractivity contribution < 1.29 is 9.84 Å². The lowest BCUT2D eigenvalue weighted by Crippen LogP contribution is -2.37. The summed E-state index contributed by atoms with van der Waals surface area (Å²) in [6, 6.07) is 8.56. The van der Waals surface area contributed by atoms with Crippen LogP contribution in [-0.4, -0.2) is 44.1 Å². The molecule has 4 nitrogen and oxygen atoms in total. The molecule has 1 aromatic carbocycles. The van der Waals surface area contributed by atoms with Gasteiger partial charge in [0.2, 0.25) is 0 Å². The Hall–Kier alpha value is -1.10. The highest BCUT2D eigenvalue weighted by Gasteiger charge is 2.14. The van der Waals surface area contributed by atoms with E-state index in [0.717, 1.165) is 32.8 Å². The summed E-state index contributed by atoms with van der Waals surface area (Å²) >= 11 is 0. The Labute approximate surface area is 109 Å². The minimum absolute atomic E-state index is 0.128. The van der Waals surface area contributed by atoms with Crippen LogP contribution in [0.1, 0.15) is 12.5 Å². The van der Waals surface area contributed by atoms with Crippen molar-refractivity contribution >= 4 is 5.69 Å². The maximum absolute atomic E-state index is 9.04. The molecule has 0 bridgehead atoms. The van der Waals surface area contributed by atoms with Crippen LogP contribution in [0.15, 0.2) is 24.3 Å². The molecule has 1 aromatic rings. The van der Waals surface area contributed by atoms with E-state index in [1.165, 1.54) is 11.3 Å². The van der Waals surface area contributed by atoms with Gasteiger partial charge in [-0.25, -0.2) is 0 Å². The lowest BCUT2D eigenvalue weighted by Gasteiger charge is -2.30. The minimum atomic E-state index is 0.128. The van der Waals surface area contributed by atoms with Crippen molar-refractivity contribution in [3.63, 3.8) is 0 Å². The molecule has 0 amide bonds. The van der Waals surface area contributed by atoms with Crippen LogP contribution in [0.4, 0.5) is 5.69 Å². The summed E-state index contributed by atoms with van der Waals surface area (Å²) in [6.45, 7) is 6.44. The highest BCUT2D eigenvalue weighted by atomic mass is 16.5. The molecule has 0 aliphatic carbocycles. The number of para-hydroxylation sites is 1. The van der Waals surface area contributed by atoms with Crippen LogP contribution in [0.5, 0.6) is 0 Å². The molecule has 1 atom stereocenters. The van der Waals surface area contributed by atoms with E-state index in [2.05, 4.69) is 34.5 Å². The van der Waals surface area contributed by atoms with Gasteiger partial charge in [-0.15, -0.1) is 0 Å². The van der Waals surface area contributed by atoms with Crippen molar-refractivity contribution in [2.24, 2.45) is 0 Å². The first-order chi connectivity index (χ1) is 8.81. The number of morpholine rings is 1. The molecule has 0 radical (unpaired) electrons. The molecule has 1 fully saturated rings. The predicted octanol–water partition coefficient (Wildman–Crippen LogP) is 0.994. The normalized spacial score (nSPS) is 17.8. The second-order valence-corrected chi connectivity index (χ2v) is 4.69. The van der Waals surface area contributed by atoms with Crippen molar-refractivity contribution in [3.8, 4) is 0 Å². The molecule has 1 saturated heterocycles. The Kier molecular flexibility index (Phi) is 4.99. The van der Waals surface area contributed by atoms with E-state index in [4.69, 9.17) is 9.84 Å². The molecule has 1 aliphatic heterocycles. The number of benzene rings is 1. The number of ether oxygens (including phenoxy) is 1. The van der Waals surface area contributed by atoms with Gasteiger partial charge < -0.3 is 20.1 Å². The summed E-state index contributed by atoms with van der Waals surface area (Å²) in [7, 11) is 0. The third-order valence-corrected chi connectivity index (χ3v) is 3.26. The van der Waals surface area contributed by atoms with Crippen LogP contribution in [0.25, 0.3) is 0 Å². The maximum atomic E-state index is 9.04. The van der Waals surface area contributed by atoms with Crippen LogP contribution in [0.2, 0.25) is 0 Å². The number of aliphatic hydroxyl groups excluding tert-OH is 1. The number of aliphatic hydroxyl groups is 1. The number of nitrogens with zero attached hydrogens (tertiary/aromatic N) is 1. The largest absolute Gasteiger partial charge is 0.395 e. The van der Waals surface area contributed by atoms with E-state index in [0.29, 0.717) is 0 Å². The fourth-order valence-corrected chi connectivity index (χ4v) is 2.12. The summed E-state index contributed by atoms with van der Waals surface area (Å²) in [5.41, 5.74) is 2.55. The molecule has 0 aromatic heterocycles. The summed E-state index contributed by atoms with van der Waals surface area (Å²) in [5, 5.41) is 12.4. The van der Waals surface area contributed by atoms with Crippen molar-refractivity contribution in [1.29, 1.82) is 0 Å². The van der Waals surface area contributed by atoms with Crippen LogP contribution >= 0.6 is 0 Å². The molecule has 1 aliphatic rings. The fraction of sp³-hybridized carbons (Fsp3) is 0.571. The van der Waals surface area contributed by atoms with E-state index >= 15 is 0 Å². The average molecular weight is 250 g/mol. The maximum Gasteiger partial charge on any atom is 0.0642 e. The molecule has 1 heterocycles. The predicted molar refractivity (Wildman–Crippen MR) is 72.9 cm³/mol. The van der Waals surface area contributed by atoms with Gasteiger partial charge in [0.1, 0.15) is 0 Å². The number of nitrogens with one attached hydrogen (secondary N) is 1. The van der Waals surface area contributed by atoms with Gasteiger partial charge in [-0.2, -0.15) is 0 Å². The van der Waals surface area contributed by atoms with Gasteiger partial charge in [0.05, 0.1) is 19.8 Å². The first-order valence-electron chi connectivity index (χ1n) is 6.56. The SMILES string of the molecule is C[C@H](CO)NCc1ccccc1N1CCOCC1.